The van der Waals surface area contributed by atoms with Crippen LogP contribution in [0, 0.1) is 5.92 Å². The lowest BCUT2D eigenvalue weighted by molar-refractivity contribution is 0.287. The Morgan fingerprint density at radius 3 is 2.26 bits per heavy atom. The van der Waals surface area contributed by atoms with Gasteiger partial charge in [-0.1, -0.05) is 19.0 Å². The molecule has 1 aliphatic rings. The van der Waals surface area contributed by atoms with Gasteiger partial charge < -0.3 is 10.9 Å². The van der Waals surface area contributed by atoms with Crippen LogP contribution in [0.15, 0.2) is 39.2 Å². The summed E-state index contributed by atoms with van der Waals surface area (Å²) in [5.74, 6) is -0.337. The average molecular weight is 419 g/mol. The number of sulfonamides is 2. The molecule has 1 aliphatic heterocycles. The highest BCUT2D eigenvalue weighted by Crippen LogP contribution is 2.25. The number of nitrogens with two attached hydrogens (primary N) is 1. The molecule has 11 heteroatoms. The predicted octanol–water partition coefficient (Wildman–Crippen LogP) is 0.864. The van der Waals surface area contributed by atoms with Gasteiger partial charge in [0.15, 0.2) is 0 Å². The molecule has 9 nitrogen and oxygen atoms in total. The lowest BCUT2D eigenvalue weighted by Crippen LogP contribution is -2.44. The van der Waals surface area contributed by atoms with Crippen LogP contribution in [0.1, 0.15) is 26.7 Å². The van der Waals surface area contributed by atoms with E-state index in [9.17, 15) is 16.8 Å². The largest absolute Gasteiger partial charge is 0.409 e. The third-order valence-corrected chi connectivity index (χ3v) is 8.67. The second-order valence-electron chi connectivity index (χ2n) is 6.29. The topological polar surface area (TPSA) is 133 Å². The second-order valence-corrected chi connectivity index (χ2v) is 10.2. The van der Waals surface area contributed by atoms with Crippen LogP contribution >= 0.6 is 0 Å². The summed E-state index contributed by atoms with van der Waals surface area (Å²) >= 11 is 0. The average Bonchev–Trinajstić information content (AvgIpc) is 2.68. The highest BCUT2D eigenvalue weighted by atomic mass is 32.2. The molecule has 0 saturated carbocycles. The molecule has 1 fully saturated rings. The number of rotatable bonds is 7. The standard InChI is InChI=1S/C16H26N4O5S2/c1-3-19(4-2)26(22,23)14-7-9-15(10-8-14)27(24,25)20-11-5-6-13(12-20)16(17)18-21/h7-10,13,21H,3-6,11-12H2,1-2H3,(H2,17,18)/t13-/m1/s1. The van der Waals surface area contributed by atoms with E-state index >= 15 is 0 Å². The third-order valence-electron chi connectivity index (χ3n) is 4.72. The van der Waals surface area contributed by atoms with Crippen LogP contribution in [-0.4, -0.2) is 62.7 Å². The zero-order valence-electron chi connectivity index (χ0n) is 15.4. The van der Waals surface area contributed by atoms with Crippen LogP contribution in [0.25, 0.3) is 0 Å². The molecule has 2 rings (SSSR count). The Hall–Kier alpha value is -1.69. The summed E-state index contributed by atoms with van der Waals surface area (Å²) in [7, 11) is -7.44. The second kappa shape index (κ2) is 8.55. The van der Waals surface area contributed by atoms with Crippen LogP contribution in [0.3, 0.4) is 0 Å². The molecule has 0 bridgehead atoms. The summed E-state index contributed by atoms with van der Waals surface area (Å²) in [6.45, 7) is 4.61. The van der Waals surface area contributed by atoms with Gasteiger partial charge in [-0.25, -0.2) is 16.8 Å². The number of hydrogen-bond acceptors (Lipinski definition) is 6. The van der Waals surface area contributed by atoms with Crippen molar-refractivity contribution in [2.24, 2.45) is 16.8 Å². The summed E-state index contributed by atoms with van der Waals surface area (Å²) in [5.41, 5.74) is 5.62. The Morgan fingerprint density at radius 1 is 1.19 bits per heavy atom. The van der Waals surface area contributed by atoms with Crippen LogP contribution in [0.4, 0.5) is 0 Å². The van der Waals surface area contributed by atoms with E-state index in [1.807, 2.05) is 0 Å². The molecule has 152 valence electrons. The SMILES string of the molecule is CCN(CC)S(=O)(=O)c1ccc(S(=O)(=O)N2CCC[C@@H](/C(N)=N/O)C2)cc1. The summed E-state index contributed by atoms with van der Waals surface area (Å²) in [6, 6.07) is 5.23. The fourth-order valence-corrected chi connectivity index (χ4v) is 6.11. The van der Waals surface area contributed by atoms with Crippen molar-refractivity contribution in [3.63, 3.8) is 0 Å². The van der Waals surface area contributed by atoms with Crippen molar-refractivity contribution >= 4 is 25.9 Å². The minimum Gasteiger partial charge on any atom is -0.409 e. The third kappa shape index (κ3) is 4.42. The van der Waals surface area contributed by atoms with E-state index in [2.05, 4.69) is 5.16 Å². The zero-order chi connectivity index (χ0) is 20.2. The quantitative estimate of drug-likeness (QED) is 0.292. The molecule has 1 aromatic carbocycles. The minimum atomic E-state index is -3.80. The molecule has 1 aromatic rings. The summed E-state index contributed by atoms with van der Waals surface area (Å²) in [6.07, 6.45) is 1.23. The Bertz CT molecular complexity index is 878. The zero-order valence-corrected chi connectivity index (χ0v) is 17.1. The Kier molecular flexibility index (Phi) is 6.84. The maximum atomic E-state index is 12.9. The van der Waals surface area contributed by atoms with Gasteiger partial charge in [-0.05, 0) is 37.1 Å². The smallest absolute Gasteiger partial charge is 0.243 e. The fraction of sp³-hybridized carbons (Fsp3) is 0.562. The molecule has 1 heterocycles. The van der Waals surface area contributed by atoms with Gasteiger partial charge in [0, 0.05) is 32.1 Å². The molecule has 27 heavy (non-hydrogen) atoms. The summed E-state index contributed by atoms with van der Waals surface area (Å²) < 4.78 is 53.4. The molecule has 1 atom stereocenters. The first-order valence-corrected chi connectivity index (χ1v) is 11.6. The van der Waals surface area contributed by atoms with Crippen molar-refractivity contribution in [2.75, 3.05) is 26.2 Å². The Morgan fingerprint density at radius 2 is 1.74 bits per heavy atom. The van der Waals surface area contributed by atoms with E-state index in [1.54, 1.807) is 13.8 Å². The van der Waals surface area contributed by atoms with E-state index in [1.165, 1.54) is 32.9 Å². The molecule has 0 amide bonds. The maximum absolute atomic E-state index is 12.9. The van der Waals surface area contributed by atoms with Gasteiger partial charge in [-0.3, -0.25) is 0 Å². The molecule has 0 aromatic heterocycles. The van der Waals surface area contributed by atoms with Crippen molar-refractivity contribution in [2.45, 2.75) is 36.5 Å². The van der Waals surface area contributed by atoms with Crippen molar-refractivity contribution < 1.29 is 22.0 Å². The maximum Gasteiger partial charge on any atom is 0.243 e. The van der Waals surface area contributed by atoms with Crippen LogP contribution in [0.5, 0.6) is 0 Å². The van der Waals surface area contributed by atoms with Crippen LogP contribution < -0.4 is 5.73 Å². The number of nitrogens with zero attached hydrogens (tertiary/aromatic N) is 3. The number of hydrogen-bond donors (Lipinski definition) is 2. The lowest BCUT2D eigenvalue weighted by Gasteiger charge is -2.31. The van der Waals surface area contributed by atoms with Gasteiger partial charge in [-0.15, -0.1) is 0 Å². The first-order valence-electron chi connectivity index (χ1n) is 8.76. The van der Waals surface area contributed by atoms with Gasteiger partial charge in [0.1, 0.15) is 5.84 Å². The molecule has 0 spiro atoms. The minimum absolute atomic E-state index is 0.00978. The van der Waals surface area contributed by atoms with E-state index in [-0.39, 0.29) is 28.1 Å². The van der Waals surface area contributed by atoms with Gasteiger partial charge in [-0.2, -0.15) is 8.61 Å². The monoisotopic (exact) mass is 418 g/mol. The number of benzene rings is 1. The first kappa shape index (κ1) is 21.6. The van der Waals surface area contributed by atoms with Crippen molar-refractivity contribution in [3.8, 4) is 0 Å². The molecular weight excluding hydrogens is 392 g/mol. The van der Waals surface area contributed by atoms with Crippen LogP contribution in [0.2, 0.25) is 0 Å². The van der Waals surface area contributed by atoms with Crippen LogP contribution in [-0.2, 0) is 20.0 Å². The highest BCUT2D eigenvalue weighted by Gasteiger charge is 2.32. The molecular formula is C16H26N4O5S2. The summed E-state index contributed by atoms with van der Waals surface area (Å²) in [4.78, 5) is 0.0690. The van der Waals surface area contributed by atoms with E-state index < -0.39 is 20.0 Å². The summed E-state index contributed by atoms with van der Waals surface area (Å²) in [5, 5.41) is 11.8. The molecule has 3 N–H and O–H groups in total. The van der Waals surface area contributed by atoms with E-state index in [0.29, 0.717) is 32.5 Å². The molecule has 0 radical (unpaired) electrons. The fourth-order valence-electron chi connectivity index (χ4n) is 3.13. The molecule has 0 aliphatic carbocycles. The van der Waals surface area contributed by atoms with Gasteiger partial charge in [0.25, 0.3) is 0 Å². The Labute approximate surface area is 160 Å². The Balaban J connectivity index is 2.28. The number of oxime groups is 1. The normalized spacial score (nSPS) is 20.1. The lowest BCUT2D eigenvalue weighted by atomic mass is 9.99. The van der Waals surface area contributed by atoms with Gasteiger partial charge in [0.2, 0.25) is 20.0 Å². The van der Waals surface area contributed by atoms with Crippen molar-refractivity contribution in [1.29, 1.82) is 0 Å². The first-order chi connectivity index (χ1) is 12.7. The van der Waals surface area contributed by atoms with Crippen molar-refractivity contribution in [3.05, 3.63) is 24.3 Å². The van der Waals surface area contributed by atoms with Crippen molar-refractivity contribution in [1.82, 2.24) is 8.61 Å². The highest BCUT2D eigenvalue weighted by molar-refractivity contribution is 7.89. The molecule has 0 unspecified atom stereocenters. The number of amidine groups is 1. The van der Waals surface area contributed by atoms with Gasteiger partial charge in [0.05, 0.1) is 9.79 Å². The predicted molar refractivity (Wildman–Crippen MR) is 101 cm³/mol. The molecule has 1 saturated heterocycles. The van der Waals surface area contributed by atoms with Gasteiger partial charge >= 0.3 is 0 Å². The number of piperidine rings is 1. The van der Waals surface area contributed by atoms with E-state index in [4.69, 9.17) is 10.9 Å². The van der Waals surface area contributed by atoms with E-state index in [0.717, 1.165) is 0 Å².